The van der Waals surface area contributed by atoms with Crippen molar-refractivity contribution in [1.29, 1.82) is 0 Å². The van der Waals surface area contributed by atoms with Crippen LogP contribution in [-0.4, -0.2) is 6.61 Å². The van der Waals surface area contributed by atoms with Gasteiger partial charge in [0.25, 0.3) is 0 Å². The van der Waals surface area contributed by atoms with Crippen LogP contribution in [0.3, 0.4) is 0 Å². The Morgan fingerprint density at radius 1 is 0.765 bits per heavy atom. The smallest absolute Gasteiger partial charge is 0.165 e. The van der Waals surface area contributed by atoms with Crippen LogP contribution in [0.5, 0.6) is 5.75 Å². The summed E-state index contributed by atoms with van der Waals surface area (Å²) in [5.74, 6) is 0.743. The monoisotopic (exact) mass is 228 g/mol. The van der Waals surface area contributed by atoms with Crippen LogP contribution in [0.2, 0.25) is 0 Å². The molecule has 88 valence electrons. The van der Waals surface area contributed by atoms with Crippen LogP contribution in [0.4, 0.5) is 0 Å². The molecular weight excluding hydrogens is 212 g/mol. The Labute approximate surface area is 102 Å². The summed E-state index contributed by atoms with van der Waals surface area (Å²) < 4.78 is 0. The molecule has 0 saturated carbocycles. The number of aryl methyl sites for hydroxylation is 1. The molecule has 0 unspecified atom stereocenters. The second-order valence-corrected chi connectivity index (χ2v) is 3.81. The summed E-state index contributed by atoms with van der Waals surface area (Å²) in [6.07, 6.45) is 1.97. The molecule has 0 radical (unpaired) electrons. The molecule has 0 heterocycles. The average Bonchev–Trinajstić information content (AvgIpc) is 2.41. The summed E-state index contributed by atoms with van der Waals surface area (Å²) in [6, 6.07) is 19.9. The first-order valence-corrected chi connectivity index (χ1v) is 5.83. The van der Waals surface area contributed by atoms with Gasteiger partial charge in [0.15, 0.2) is 5.75 Å². The maximum atomic E-state index is 5.14. The van der Waals surface area contributed by atoms with Crippen molar-refractivity contribution in [1.82, 2.24) is 0 Å². The fraction of sp³-hybridized carbons (Fsp3) is 0.200. The normalized spacial score (nSPS) is 10.1. The van der Waals surface area contributed by atoms with Gasteiger partial charge < -0.3 is 4.89 Å². The Hall–Kier alpha value is -1.80. The lowest BCUT2D eigenvalue weighted by Gasteiger charge is -2.04. The van der Waals surface area contributed by atoms with E-state index in [1.807, 2.05) is 36.4 Å². The van der Waals surface area contributed by atoms with Gasteiger partial charge in [-0.15, -0.1) is 0 Å². The molecule has 0 aliphatic heterocycles. The van der Waals surface area contributed by atoms with E-state index >= 15 is 0 Å². The lowest BCUT2D eigenvalue weighted by molar-refractivity contribution is -0.207. The van der Waals surface area contributed by atoms with Crippen molar-refractivity contribution < 1.29 is 9.78 Å². The maximum Gasteiger partial charge on any atom is 0.165 e. The van der Waals surface area contributed by atoms with Crippen LogP contribution in [0.15, 0.2) is 60.7 Å². The molecule has 2 nitrogen and oxygen atoms in total. The molecular formula is C15H16O2. The minimum absolute atomic E-state index is 0.601. The summed E-state index contributed by atoms with van der Waals surface area (Å²) in [7, 11) is 0. The maximum absolute atomic E-state index is 5.14. The highest BCUT2D eigenvalue weighted by molar-refractivity contribution is 5.20. The van der Waals surface area contributed by atoms with Gasteiger partial charge in [-0.25, -0.2) is 0 Å². The Kier molecular flexibility index (Phi) is 4.61. The zero-order chi connectivity index (χ0) is 11.8. The number of benzene rings is 2. The Morgan fingerprint density at radius 3 is 2.12 bits per heavy atom. The highest BCUT2D eigenvalue weighted by atomic mass is 17.2. The molecule has 0 bridgehead atoms. The van der Waals surface area contributed by atoms with Gasteiger partial charge in [0.2, 0.25) is 0 Å². The SMILES string of the molecule is c1ccc(CCCOOc2ccccc2)cc1. The molecule has 0 aliphatic carbocycles. The minimum Gasteiger partial charge on any atom is -0.338 e. The third-order valence-electron chi connectivity index (χ3n) is 2.43. The first kappa shape index (κ1) is 11.7. The molecule has 0 fully saturated rings. The molecule has 0 amide bonds. The second-order valence-electron chi connectivity index (χ2n) is 3.81. The highest BCUT2D eigenvalue weighted by Crippen LogP contribution is 2.09. The van der Waals surface area contributed by atoms with E-state index in [9.17, 15) is 0 Å². The quantitative estimate of drug-likeness (QED) is 0.427. The first-order valence-electron chi connectivity index (χ1n) is 5.83. The summed E-state index contributed by atoms with van der Waals surface area (Å²) in [5.41, 5.74) is 1.33. The average molecular weight is 228 g/mol. The van der Waals surface area contributed by atoms with Gasteiger partial charge in [-0.3, -0.25) is 0 Å². The van der Waals surface area contributed by atoms with Gasteiger partial charge in [0, 0.05) is 0 Å². The standard InChI is InChI=1S/C15H16O2/c1-3-8-14(9-4-1)10-7-13-16-17-15-11-5-2-6-12-15/h1-6,8-9,11-12H,7,10,13H2. The molecule has 2 rings (SSSR count). The lowest BCUT2D eigenvalue weighted by atomic mass is 10.1. The predicted molar refractivity (Wildman–Crippen MR) is 67.8 cm³/mol. The molecule has 0 N–H and O–H groups in total. The van der Waals surface area contributed by atoms with Crippen LogP contribution < -0.4 is 4.89 Å². The van der Waals surface area contributed by atoms with Gasteiger partial charge in [-0.2, -0.15) is 4.89 Å². The van der Waals surface area contributed by atoms with Crippen molar-refractivity contribution in [3.05, 3.63) is 66.2 Å². The van der Waals surface area contributed by atoms with Crippen molar-refractivity contribution in [2.24, 2.45) is 0 Å². The summed E-state index contributed by atoms with van der Waals surface area (Å²) in [5, 5.41) is 0. The zero-order valence-electron chi connectivity index (χ0n) is 9.71. The number of rotatable bonds is 6. The molecule has 2 heteroatoms. The number of para-hydroxylation sites is 1. The summed E-state index contributed by atoms with van der Waals surface area (Å²) in [6.45, 7) is 0.601. The highest BCUT2D eigenvalue weighted by Gasteiger charge is 1.94. The predicted octanol–water partition coefficient (Wildman–Crippen LogP) is 3.63. The van der Waals surface area contributed by atoms with Crippen molar-refractivity contribution in [2.75, 3.05) is 6.61 Å². The topological polar surface area (TPSA) is 18.5 Å². The van der Waals surface area contributed by atoms with E-state index in [1.54, 1.807) is 0 Å². The molecule has 0 atom stereocenters. The summed E-state index contributed by atoms with van der Waals surface area (Å²) >= 11 is 0. The third-order valence-corrected chi connectivity index (χ3v) is 2.43. The van der Waals surface area contributed by atoms with Gasteiger partial charge in [0.1, 0.15) is 0 Å². The van der Waals surface area contributed by atoms with E-state index < -0.39 is 0 Å². The molecule has 0 aromatic heterocycles. The molecule has 17 heavy (non-hydrogen) atoms. The van der Waals surface area contributed by atoms with Crippen LogP contribution in [0, 0.1) is 0 Å². The van der Waals surface area contributed by atoms with Gasteiger partial charge in [-0.1, -0.05) is 48.5 Å². The van der Waals surface area contributed by atoms with Gasteiger partial charge in [0.05, 0.1) is 6.61 Å². The number of hydrogen-bond donors (Lipinski definition) is 0. The molecule has 2 aromatic carbocycles. The fourth-order valence-corrected chi connectivity index (χ4v) is 1.57. The molecule has 2 aromatic rings. The second kappa shape index (κ2) is 6.71. The lowest BCUT2D eigenvalue weighted by Crippen LogP contribution is -2.00. The van der Waals surface area contributed by atoms with E-state index in [-0.39, 0.29) is 0 Å². The van der Waals surface area contributed by atoms with Crippen molar-refractivity contribution in [2.45, 2.75) is 12.8 Å². The van der Waals surface area contributed by atoms with Gasteiger partial charge >= 0.3 is 0 Å². The van der Waals surface area contributed by atoms with E-state index in [1.165, 1.54) is 5.56 Å². The van der Waals surface area contributed by atoms with Crippen LogP contribution in [0.1, 0.15) is 12.0 Å². The fourth-order valence-electron chi connectivity index (χ4n) is 1.57. The van der Waals surface area contributed by atoms with E-state index in [4.69, 9.17) is 9.78 Å². The first-order chi connectivity index (χ1) is 8.45. The Bertz CT molecular complexity index is 370. The molecule has 0 saturated heterocycles. The minimum atomic E-state index is 0.601. The van der Waals surface area contributed by atoms with E-state index in [2.05, 4.69) is 24.3 Å². The third kappa shape index (κ3) is 4.29. The van der Waals surface area contributed by atoms with E-state index in [0.717, 1.165) is 18.6 Å². The van der Waals surface area contributed by atoms with Crippen molar-refractivity contribution >= 4 is 0 Å². The largest absolute Gasteiger partial charge is 0.338 e. The van der Waals surface area contributed by atoms with Crippen LogP contribution in [-0.2, 0) is 11.3 Å². The number of hydrogen-bond acceptors (Lipinski definition) is 2. The summed E-state index contributed by atoms with van der Waals surface area (Å²) in [4.78, 5) is 10.3. The van der Waals surface area contributed by atoms with E-state index in [0.29, 0.717) is 6.61 Å². The Balaban J connectivity index is 1.61. The van der Waals surface area contributed by atoms with Crippen molar-refractivity contribution in [3.63, 3.8) is 0 Å². The zero-order valence-corrected chi connectivity index (χ0v) is 9.71. The van der Waals surface area contributed by atoms with Gasteiger partial charge in [-0.05, 0) is 30.5 Å². The Morgan fingerprint density at radius 2 is 1.41 bits per heavy atom. The molecule has 0 aliphatic rings. The van der Waals surface area contributed by atoms with Crippen LogP contribution in [0.25, 0.3) is 0 Å². The van der Waals surface area contributed by atoms with Crippen LogP contribution >= 0.6 is 0 Å². The molecule has 0 spiro atoms. The van der Waals surface area contributed by atoms with Crippen molar-refractivity contribution in [3.8, 4) is 5.75 Å².